The summed E-state index contributed by atoms with van der Waals surface area (Å²) in [6.07, 6.45) is 2.16. The summed E-state index contributed by atoms with van der Waals surface area (Å²) in [7, 11) is 0. The van der Waals surface area contributed by atoms with E-state index in [1.165, 1.54) is 55.3 Å². The van der Waals surface area contributed by atoms with Gasteiger partial charge in [-0.15, -0.1) is 0 Å². The molecule has 9 rings (SSSR count). The van der Waals surface area contributed by atoms with E-state index in [0.29, 0.717) is 0 Å². The molecule has 0 aromatic heterocycles. The largest absolute Gasteiger partial charge is 0.458 e. The highest BCUT2D eigenvalue weighted by molar-refractivity contribution is 8.00. The Morgan fingerprint density at radius 2 is 1.06 bits per heavy atom. The van der Waals surface area contributed by atoms with Gasteiger partial charge in [-0.05, 0) is 123 Å². The Morgan fingerprint density at radius 1 is 0.521 bits per heavy atom. The third-order valence-corrected chi connectivity index (χ3v) is 11.5. The Balaban J connectivity index is 1.34. The molecule has 0 amide bonds. The molecule has 5 aromatic rings. The zero-order chi connectivity index (χ0) is 33.4. The van der Waals surface area contributed by atoms with Crippen LogP contribution in [0.5, 0.6) is 34.5 Å². The Morgan fingerprint density at radius 3 is 1.73 bits per heavy atom. The minimum Gasteiger partial charge on any atom is -0.458 e. The molecule has 0 N–H and O–H groups in total. The highest BCUT2D eigenvalue weighted by Gasteiger charge is 2.46. The predicted molar refractivity (Wildman–Crippen MR) is 204 cm³/mol. The molecule has 0 saturated carbocycles. The SMILES string of the molecule is CSN1c2cc3c(cc2B2c4ccccc4Oc4cc(C(C)(C)C)cc1c42)B1c2cc(C)c(C)cc2Oc2cc(C(C)(C)C)cc(c21)O3. The number of nitrogens with zero attached hydrogens (tertiary/aromatic N) is 1. The van der Waals surface area contributed by atoms with Crippen LogP contribution in [0.4, 0.5) is 11.4 Å². The van der Waals surface area contributed by atoms with E-state index in [0.717, 1.165) is 45.6 Å². The van der Waals surface area contributed by atoms with Crippen LogP contribution in [0, 0.1) is 13.8 Å². The van der Waals surface area contributed by atoms with Crippen molar-refractivity contribution < 1.29 is 14.2 Å². The maximum atomic E-state index is 6.99. The molecule has 0 aliphatic carbocycles. The summed E-state index contributed by atoms with van der Waals surface area (Å²) in [5.41, 5.74) is 14.4. The van der Waals surface area contributed by atoms with Crippen molar-refractivity contribution in [2.24, 2.45) is 0 Å². The molecule has 48 heavy (non-hydrogen) atoms. The highest BCUT2D eigenvalue weighted by Crippen LogP contribution is 2.44. The van der Waals surface area contributed by atoms with Gasteiger partial charge in [-0.2, -0.15) is 0 Å². The first kappa shape index (κ1) is 29.9. The van der Waals surface area contributed by atoms with Crippen LogP contribution in [0.2, 0.25) is 0 Å². The van der Waals surface area contributed by atoms with E-state index < -0.39 is 0 Å². The molecule has 0 bridgehead atoms. The number of benzene rings is 5. The molecule has 5 aromatic carbocycles. The van der Waals surface area contributed by atoms with Crippen molar-refractivity contribution in [2.75, 3.05) is 10.6 Å². The van der Waals surface area contributed by atoms with Crippen LogP contribution in [0.25, 0.3) is 0 Å². The lowest BCUT2D eigenvalue weighted by Crippen LogP contribution is -2.62. The molecule has 4 aliphatic heterocycles. The number of aryl methyl sites for hydroxylation is 2. The fourth-order valence-corrected chi connectivity index (χ4v) is 8.68. The van der Waals surface area contributed by atoms with E-state index in [2.05, 4.69) is 139 Å². The molecule has 4 nitrogen and oxygen atoms in total. The van der Waals surface area contributed by atoms with Crippen LogP contribution < -0.4 is 51.3 Å². The van der Waals surface area contributed by atoms with Crippen LogP contribution in [-0.4, -0.2) is 19.7 Å². The lowest BCUT2D eigenvalue weighted by molar-refractivity contribution is 0.458. The number of ether oxygens (including phenoxy) is 3. The lowest BCUT2D eigenvalue weighted by Gasteiger charge is -2.41. The van der Waals surface area contributed by atoms with Crippen molar-refractivity contribution in [3.05, 3.63) is 95.1 Å². The lowest BCUT2D eigenvalue weighted by atomic mass is 9.31. The Hall–Kier alpha value is -4.22. The van der Waals surface area contributed by atoms with E-state index in [4.69, 9.17) is 14.2 Å². The number of hydrogen-bond acceptors (Lipinski definition) is 5. The fraction of sp³-hybridized carbons (Fsp3) is 0.268. The number of fused-ring (bicyclic) bond motifs is 8. The van der Waals surface area contributed by atoms with Gasteiger partial charge in [-0.3, -0.25) is 4.31 Å². The average Bonchev–Trinajstić information content (AvgIpc) is 3.03. The van der Waals surface area contributed by atoms with E-state index in [1.807, 2.05) is 0 Å². The van der Waals surface area contributed by atoms with Gasteiger partial charge in [-0.25, -0.2) is 0 Å². The second-order valence-corrected chi connectivity index (χ2v) is 16.6. The van der Waals surface area contributed by atoms with Crippen molar-refractivity contribution in [3.63, 3.8) is 0 Å². The Labute approximate surface area is 289 Å². The minimum atomic E-state index is -0.0639. The van der Waals surface area contributed by atoms with Crippen molar-refractivity contribution >= 4 is 69.5 Å². The first-order chi connectivity index (χ1) is 22.8. The third kappa shape index (κ3) is 4.19. The minimum absolute atomic E-state index is 0.0110. The number of rotatable bonds is 1. The molecule has 0 unspecified atom stereocenters. The molecule has 4 aliphatic rings. The molecule has 7 heteroatoms. The van der Waals surface area contributed by atoms with E-state index in [9.17, 15) is 0 Å². The third-order valence-electron chi connectivity index (χ3n) is 10.8. The number of anilines is 2. The molecule has 0 saturated heterocycles. The zero-order valence-corrected chi connectivity index (χ0v) is 30.0. The summed E-state index contributed by atoms with van der Waals surface area (Å²) in [6.45, 7) is 17.9. The molecular weight excluding hydrogens is 608 g/mol. The van der Waals surface area contributed by atoms with Crippen molar-refractivity contribution in [2.45, 2.75) is 66.2 Å². The summed E-state index contributed by atoms with van der Waals surface area (Å²) in [4.78, 5) is 0. The van der Waals surface area contributed by atoms with Crippen LogP contribution in [0.1, 0.15) is 63.8 Å². The zero-order valence-electron chi connectivity index (χ0n) is 29.2. The van der Waals surface area contributed by atoms with Crippen LogP contribution in [0.15, 0.2) is 72.8 Å². The quantitative estimate of drug-likeness (QED) is 0.142. The van der Waals surface area contributed by atoms with Gasteiger partial charge < -0.3 is 14.2 Å². The summed E-state index contributed by atoms with van der Waals surface area (Å²) < 4.78 is 22.9. The molecule has 238 valence electrons. The van der Waals surface area contributed by atoms with E-state index in [1.54, 1.807) is 11.9 Å². The van der Waals surface area contributed by atoms with Crippen LogP contribution in [0.3, 0.4) is 0 Å². The van der Waals surface area contributed by atoms with Gasteiger partial charge in [-0.1, -0.05) is 71.9 Å². The smallest absolute Gasteiger partial charge is 0.260 e. The standard InChI is InChI=1S/C41H39B2NO3S/c1-22-14-28-33(15-23(22)2)46-36-18-25(41(6,7)8)19-37-39(36)43(28)29-20-27-30(21-34(29)47-37)44(48-9)31-16-24(40(3,4)5)17-35-38(31)42(27)26-12-10-11-13-32(26)45-35/h10-21H,1-9H3. The first-order valence-electron chi connectivity index (χ1n) is 16.9. The van der Waals surface area contributed by atoms with Crippen molar-refractivity contribution in [1.29, 1.82) is 0 Å². The molecule has 4 heterocycles. The Bertz CT molecular complexity index is 2230. The Kier molecular flexibility index (Phi) is 6.17. The molecule has 0 fully saturated rings. The molecule has 0 radical (unpaired) electrons. The summed E-state index contributed by atoms with van der Waals surface area (Å²) in [5.74, 6) is 5.50. The number of para-hydroxylation sites is 1. The summed E-state index contributed by atoms with van der Waals surface area (Å²) in [6, 6.07) is 26.9. The summed E-state index contributed by atoms with van der Waals surface area (Å²) >= 11 is 1.73. The highest BCUT2D eigenvalue weighted by atomic mass is 32.2. The molecule has 0 spiro atoms. The maximum Gasteiger partial charge on any atom is 0.260 e. The van der Waals surface area contributed by atoms with E-state index >= 15 is 0 Å². The maximum absolute atomic E-state index is 6.99. The monoisotopic (exact) mass is 647 g/mol. The van der Waals surface area contributed by atoms with Gasteiger partial charge in [0.15, 0.2) is 0 Å². The first-order valence-corrected chi connectivity index (χ1v) is 18.1. The average molecular weight is 647 g/mol. The second-order valence-electron chi connectivity index (χ2n) is 15.9. The van der Waals surface area contributed by atoms with Gasteiger partial charge in [0.05, 0.1) is 11.4 Å². The fourth-order valence-electron chi connectivity index (χ4n) is 7.98. The van der Waals surface area contributed by atoms with Crippen LogP contribution >= 0.6 is 11.9 Å². The summed E-state index contributed by atoms with van der Waals surface area (Å²) in [5, 5.41) is 0. The van der Waals surface area contributed by atoms with Gasteiger partial charge in [0, 0.05) is 17.8 Å². The van der Waals surface area contributed by atoms with Gasteiger partial charge >= 0.3 is 0 Å². The molecule has 0 atom stereocenters. The van der Waals surface area contributed by atoms with Crippen molar-refractivity contribution in [3.8, 4) is 34.5 Å². The van der Waals surface area contributed by atoms with Crippen LogP contribution in [-0.2, 0) is 10.8 Å². The van der Waals surface area contributed by atoms with Crippen molar-refractivity contribution in [1.82, 2.24) is 0 Å². The molecular formula is C41H39B2NO3S. The van der Waals surface area contributed by atoms with Gasteiger partial charge in [0.25, 0.3) is 13.4 Å². The topological polar surface area (TPSA) is 30.9 Å². The van der Waals surface area contributed by atoms with E-state index in [-0.39, 0.29) is 24.3 Å². The number of hydrogen-bond donors (Lipinski definition) is 0. The van der Waals surface area contributed by atoms with Gasteiger partial charge in [0.1, 0.15) is 34.5 Å². The van der Waals surface area contributed by atoms with Gasteiger partial charge in [0.2, 0.25) is 0 Å². The predicted octanol–water partition coefficient (Wildman–Crippen LogP) is 6.98. The second kappa shape index (κ2) is 9.92. The normalized spacial score (nSPS) is 14.8.